The molecule has 5 rings (SSSR count). The van der Waals surface area contributed by atoms with Crippen LogP contribution in [0.1, 0.15) is 75.5 Å². The second-order valence-electron chi connectivity index (χ2n) is 12.6. The number of nitrogens with zero attached hydrogens (tertiary/aromatic N) is 2. The SMILES string of the molecule is CC(C)(C)[S@@+]([O-])NC(CCC1CC1)(c1ccncc1)c1ccc(F)c(NC(=O)[C@H]2C[C@H](c3ccccc3)CN2C(=O)O)c1. The molecule has 1 aliphatic carbocycles. The number of carbonyl (C=O) groups is 2. The maximum Gasteiger partial charge on any atom is 0.408 e. The molecule has 4 atom stereocenters. The van der Waals surface area contributed by atoms with Gasteiger partial charge in [0.2, 0.25) is 5.91 Å². The van der Waals surface area contributed by atoms with E-state index in [1.165, 1.54) is 6.07 Å². The van der Waals surface area contributed by atoms with E-state index in [9.17, 15) is 19.2 Å². The van der Waals surface area contributed by atoms with Crippen LogP contribution < -0.4 is 10.0 Å². The summed E-state index contributed by atoms with van der Waals surface area (Å²) >= 11 is -1.48. The Hall–Kier alpha value is -3.47. The number of carbonyl (C=O) groups excluding carboxylic acids is 1. The third-order valence-corrected chi connectivity index (χ3v) is 10.1. The van der Waals surface area contributed by atoms with E-state index in [1.54, 1.807) is 24.5 Å². The standard InChI is InChI=1S/C33H39FN4O4S/c1-32(2,3)43(42)37-33(16-13-22-9-10-22,25-14-17-35-18-15-25)26-11-12-27(34)28(20-26)36-30(39)29-19-24(21-38(29)31(40)41)23-7-5-4-6-8-23/h4-8,11-12,14-15,17-18,20,22,24,29,37H,9-10,13,16,19,21H2,1-3H3,(H,36,39)(H,40,41)/t24-,29+,33?,43+/m0/s1. The van der Waals surface area contributed by atoms with Crippen LogP contribution in [0, 0.1) is 11.7 Å². The minimum atomic E-state index is -1.48. The molecule has 3 N–H and O–H groups in total. The summed E-state index contributed by atoms with van der Waals surface area (Å²) in [6.45, 7) is 5.85. The molecule has 3 aromatic rings. The lowest BCUT2D eigenvalue weighted by Crippen LogP contribution is -2.52. The monoisotopic (exact) mass is 606 g/mol. The van der Waals surface area contributed by atoms with Gasteiger partial charge in [0.1, 0.15) is 22.1 Å². The highest BCUT2D eigenvalue weighted by Crippen LogP contribution is 2.43. The molecule has 0 radical (unpaired) electrons. The molecule has 2 heterocycles. The molecular weight excluding hydrogens is 567 g/mol. The zero-order chi connectivity index (χ0) is 30.8. The molecule has 1 aliphatic heterocycles. The van der Waals surface area contributed by atoms with E-state index in [0.29, 0.717) is 17.9 Å². The van der Waals surface area contributed by atoms with E-state index < -0.39 is 45.5 Å². The summed E-state index contributed by atoms with van der Waals surface area (Å²) in [6, 6.07) is 16.8. The van der Waals surface area contributed by atoms with E-state index in [-0.39, 0.29) is 24.6 Å². The first-order valence-corrected chi connectivity index (χ1v) is 15.9. The fraction of sp³-hybridized carbons (Fsp3) is 0.424. The Morgan fingerprint density at radius 3 is 2.40 bits per heavy atom. The Balaban J connectivity index is 1.49. The second-order valence-corrected chi connectivity index (χ2v) is 14.6. The van der Waals surface area contributed by atoms with Gasteiger partial charge in [-0.1, -0.05) is 49.2 Å². The predicted octanol–water partition coefficient (Wildman–Crippen LogP) is 6.18. The van der Waals surface area contributed by atoms with Gasteiger partial charge < -0.3 is 15.0 Å². The number of aromatic nitrogens is 1. The molecule has 2 aromatic carbocycles. The van der Waals surface area contributed by atoms with Crippen molar-refractivity contribution in [2.75, 3.05) is 11.9 Å². The summed E-state index contributed by atoms with van der Waals surface area (Å²) in [6.07, 6.45) is 6.23. The van der Waals surface area contributed by atoms with Crippen LogP contribution in [0.3, 0.4) is 0 Å². The maximum atomic E-state index is 15.3. The van der Waals surface area contributed by atoms with Gasteiger partial charge in [-0.3, -0.25) is 14.7 Å². The van der Waals surface area contributed by atoms with Gasteiger partial charge in [0.25, 0.3) is 0 Å². The van der Waals surface area contributed by atoms with Crippen LogP contribution in [0.2, 0.25) is 0 Å². The summed E-state index contributed by atoms with van der Waals surface area (Å²) in [4.78, 5) is 31.0. The number of carboxylic acid groups (broad SMARTS) is 1. The first-order valence-electron chi connectivity index (χ1n) is 14.7. The van der Waals surface area contributed by atoms with Gasteiger partial charge in [-0.25, -0.2) is 9.18 Å². The zero-order valence-electron chi connectivity index (χ0n) is 24.8. The van der Waals surface area contributed by atoms with Gasteiger partial charge in [0.15, 0.2) is 0 Å². The van der Waals surface area contributed by atoms with Crippen molar-refractivity contribution in [3.63, 3.8) is 0 Å². The third-order valence-electron chi connectivity index (χ3n) is 8.46. The van der Waals surface area contributed by atoms with Gasteiger partial charge in [-0.05, 0) is 86.9 Å². The predicted molar refractivity (Wildman–Crippen MR) is 165 cm³/mol. The summed E-state index contributed by atoms with van der Waals surface area (Å²) < 4.78 is 31.8. The fourth-order valence-electron chi connectivity index (χ4n) is 5.76. The van der Waals surface area contributed by atoms with Crippen molar-refractivity contribution in [2.45, 2.75) is 75.1 Å². The minimum Gasteiger partial charge on any atom is -0.598 e. The molecule has 0 bridgehead atoms. The molecule has 1 unspecified atom stereocenters. The normalized spacial score (nSPS) is 20.8. The average molecular weight is 607 g/mol. The number of nitrogens with one attached hydrogen (secondary N) is 2. The number of pyridine rings is 1. The number of hydrogen-bond donors (Lipinski definition) is 3. The van der Waals surface area contributed by atoms with Gasteiger partial charge in [-0.2, -0.15) is 0 Å². The topological polar surface area (TPSA) is 118 Å². The van der Waals surface area contributed by atoms with Gasteiger partial charge in [-0.15, -0.1) is 4.72 Å². The van der Waals surface area contributed by atoms with Crippen molar-refractivity contribution in [3.8, 4) is 0 Å². The molecular formula is C33H39FN4O4S. The summed E-state index contributed by atoms with van der Waals surface area (Å²) in [5, 5.41) is 12.6. The highest BCUT2D eigenvalue weighted by molar-refractivity contribution is 7.90. The van der Waals surface area contributed by atoms with Crippen LogP contribution in [0.4, 0.5) is 14.9 Å². The molecule has 2 amide bonds. The van der Waals surface area contributed by atoms with Crippen LogP contribution in [0.25, 0.3) is 0 Å². The van der Waals surface area contributed by atoms with Crippen molar-refractivity contribution in [3.05, 3.63) is 95.6 Å². The minimum absolute atomic E-state index is 0.0517. The molecule has 1 saturated heterocycles. The average Bonchev–Trinajstić information content (AvgIpc) is 3.71. The molecule has 10 heteroatoms. The highest BCUT2D eigenvalue weighted by atomic mass is 32.2. The van der Waals surface area contributed by atoms with E-state index in [2.05, 4.69) is 15.0 Å². The van der Waals surface area contributed by atoms with Gasteiger partial charge >= 0.3 is 6.09 Å². The Kier molecular flexibility index (Phi) is 9.10. The molecule has 43 heavy (non-hydrogen) atoms. The number of rotatable bonds is 10. The van der Waals surface area contributed by atoms with Crippen molar-refractivity contribution in [2.24, 2.45) is 5.92 Å². The Bertz CT molecular complexity index is 1430. The van der Waals surface area contributed by atoms with Gasteiger partial charge in [0.05, 0.1) is 5.69 Å². The first-order chi connectivity index (χ1) is 20.5. The number of hydrogen-bond acceptors (Lipinski definition) is 5. The van der Waals surface area contributed by atoms with Crippen LogP contribution in [-0.2, 0) is 21.7 Å². The van der Waals surface area contributed by atoms with E-state index in [0.717, 1.165) is 35.3 Å². The lowest BCUT2D eigenvalue weighted by Gasteiger charge is -2.39. The number of amides is 2. The van der Waals surface area contributed by atoms with Crippen molar-refractivity contribution in [1.29, 1.82) is 0 Å². The molecule has 0 spiro atoms. The molecule has 8 nitrogen and oxygen atoms in total. The third kappa shape index (κ3) is 7.03. The second kappa shape index (κ2) is 12.6. The molecule has 2 aliphatic rings. The summed E-state index contributed by atoms with van der Waals surface area (Å²) in [5.41, 5.74) is 1.44. The van der Waals surface area contributed by atoms with Crippen molar-refractivity contribution >= 4 is 29.0 Å². The van der Waals surface area contributed by atoms with Crippen LogP contribution >= 0.6 is 0 Å². The summed E-state index contributed by atoms with van der Waals surface area (Å²) in [7, 11) is 0. The van der Waals surface area contributed by atoms with Crippen LogP contribution in [-0.4, -0.2) is 48.9 Å². The van der Waals surface area contributed by atoms with E-state index in [1.807, 2.05) is 63.2 Å². The number of anilines is 1. The quantitative estimate of drug-likeness (QED) is 0.237. The maximum absolute atomic E-state index is 15.3. The lowest BCUT2D eigenvalue weighted by atomic mass is 9.79. The van der Waals surface area contributed by atoms with Crippen molar-refractivity contribution in [1.82, 2.24) is 14.6 Å². The molecule has 2 fully saturated rings. The molecule has 228 valence electrons. The summed E-state index contributed by atoms with van der Waals surface area (Å²) in [5.74, 6) is -0.801. The van der Waals surface area contributed by atoms with E-state index >= 15 is 4.39 Å². The largest absolute Gasteiger partial charge is 0.598 e. The van der Waals surface area contributed by atoms with Gasteiger partial charge in [0, 0.05) is 36.2 Å². The lowest BCUT2D eigenvalue weighted by molar-refractivity contribution is -0.119. The number of halogens is 1. The fourth-order valence-corrected chi connectivity index (χ4v) is 6.72. The molecule has 1 aromatic heterocycles. The smallest absolute Gasteiger partial charge is 0.408 e. The van der Waals surface area contributed by atoms with E-state index in [4.69, 9.17) is 0 Å². The van der Waals surface area contributed by atoms with Crippen LogP contribution in [0.5, 0.6) is 0 Å². The Labute approximate surface area is 255 Å². The zero-order valence-corrected chi connectivity index (χ0v) is 25.6. The Morgan fingerprint density at radius 2 is 1.77 bits per heavy atom. The number of likely N-dealkylation sites (tertiary alicyclic amines) is 1. The highest BCUT2D eigenvalue weighted by Gasteiger charge is 2.44. The number of benzene rings is 2. The van der Waals surface area contributed by atoms with Crippen molar-refractivity contribution < 1.29 is 23.6 Å². The molecule has 1 saturated carbocycles. The Morgan fingerprint density at radius 1 is 1.07 bits per heavy atom. The first kappa shape index (κ1) is 31.0. The van der Waals surface area contributed by atoms with Crippen LogP contribution in [0.15, 0.2) is 73.1 Å².